The highest BCUT2D eigenvalue weighted by atomic mass is 16.6. The summed E-state index contributed by atoms with van der Waals surface area (Å²) < 4.78 is 5.61. The molecule has 1 heterocycles. The minimum atomic E-state index is -0.444. The molecule has 1 N–H and O–H groups in total. The van der Waals surface area contributed by atoms with E-state index in [9.17, 15) is 14.9 Å². The van der Waals surface area contributed by atoms with Gasteiger partial charge < -0.3 is 9.73 Å². The van der Waals surface area contributed by atoms with Crippen LogP contribution in [-0.4, -0.2) is 10.8 Å². The number of amides is 1. The van der Waals surface area contributed by atoms with Gasteiger partial charge in [0.2, 0.25) is 5.91 Å². The van der Waals surface area contributed by atoms with Crippen LogP contribution in [0.3, 0.4) is 0 Å². The summed E-state index contributed by atoms with van der Waals surface area (Å²) in [6, 6.07) is 10.5. The molecule has 0 atom stereocenters. The van der Waals surface area contributed by atoms with Crippen LogP contribution in [0.5, 0.6) is 0 Å². The van der Waals surface area contributed by atoms with Crippen LogP contribution in [0, 0.1) is 17.0 Å². The SMILES string of the molecule is Cc1cc2occ(CC(=O)NCc3ccccc3[N+](=O)[O-])c2cc1C(C)C. The second-order valence-electron chi connectivity index (χ2n) is 6.96. The molecule has 0 spiro atoms. The molecular weight excluding hydrogens is 344 g/mol. The molecule has 6 heteroatoms. The minimum absolute atomic E-state index is 0.00334. The number of fused-ring (bicyclic) bond motifs is 1. The van der Waals surface area contributed by atoms with E-state index in [4.69, 9.17) is 4.42 Å². The number of nitrogens with one attached hydrogen (secondary N) is 1. The van der Waals surface area contributed by atoms with Crippen molar-refractivity contribution >= 4 is 22.6 Å². The molecule has 27 heavy (non-hydrogen) atoms. The number of carbonyl (C=O) groups excluding carboxylic acids is 1. The first-order chi connectivity index (χ1) is 12.9. The molecule has 3 aromatic rings. The fourth-order valence-electron chi connectivity index (χ4n) is 3.27. The number of rotatable bonds is 6. The van der Waals surface area contributed by atoms with Gasteiger partial charge >= 0.3 is 0 Å². The number of furan rings is 1. The topological polar surface area (TPSA) is 85.4 Å². The van der Waals surface area contributed by atoms with Gasteiger partial charge in [0, 0.05) is 29.1 Å². The molecule has 1 aromatic heterocycles. The normalized spacial score (nSPS) is 11.1. The Morgan fingerprint density at radius 3 is 2.67 bits per heavy atom. The summed E-state index contributed by atoms with van der Waals surface area (Å²) >= 11 is 0. The van der Waals surface area contributed by atoms with E-state index in [1.165, 1.54) is 17.2 Å². The molecule has 0 saturated heterocycles. The van der Waals surface area contributed by atoms with E-state index in [2.05, 4.69) is 32.2 Å². The average molecular weight is 366 g/mol. The van der Waals surface area contributed by atoms with Crippen LogP contribution < -0.4 is 5.32 Å². The fraction of sp³-hybridized carbons (Fsp3) is 0.286. The predicted molar refractivity (Wildman–Crippen MR) is 104 cm³/mol. The van der Waals surface area contributed by atoms with Crippen molar-refractivity contribution in [1.82, 2.24) is 5.32 Å². The molecule has 0 fully saturated rings. The summed E-state index contributed by atoms with van der Waals surface area (Å²) in [6.07, 6.45) is 1.77. The third-order valence-electron chi connectivity index (χ3n) is 4.68. The summed E-state index contributed by atoms with van der Waals surface area (Å²) in [6.45, 7) is 6.43. The van der Waals surface area contributed by atoms with Crippen molar-refractivity contribution in [3.8, 4) is 0 Å². The standard InChI is InChI=1S/C21H22N2O4/c1-13(2)17-10-18-16(12-27-20(18)8-14(17)3)9-21(24)22-11-15-6-4-5-7-19(15)23(25)26/h4-8,10,12-13H,9,11H2,1-3H3,(H,22,24). The Balaban J connectivity index is 1.75. The Kier molecular flexibility index (Phi) is 5.26. The van der Waals surface area contributed by atoms with Gasteiger partial charge in [-0.25, -0.2) is 0 Å². The maximum Gasteiger partial charge on any atom is 0.274 e. The van der Waals surface area contributed by atoms with E-state index in [1.807, 2.05) is 6.07 Å². The van der Waals surface area contributed by atoms with Gasteiger partial charge in [0.05, 0.1) is 17.6 Å². The number of para-hydroxylation sites is 1. The number of nitrogens with zero attached hydrogens (tertiary/aromatic N) is 1. The zero-order valence-electron chi connectivity index (χ0n) is 15.6. The van der Waals surface area contributed by atoms with Gasteiger partial charge in [-0.1, -0.05) is 32.0 Å². The highest BCUT2D eigenvalue weighted by Crippen LogP contribution is 2.29. The Hall–Kier alpha value is -3.15. The van der Waals surface area contributed by atoms with E-state index in [0.717, 1.165) is 16.5 Å². The molecule has 0 unspecified atom stereocenters. The van der Waals surface area contributed by atoms with E-state index in [0.29, 0.717) is 11.5 Å². The van der Waals surface area contributed by atoms with E-state index in [-0.39, 0.29) is 24.6 Å². The number of nitro groups is 1. The van der Waals surface area contributed by atoms with E-state index < -0.39 is 4.92 Å². The first-order valence-corrected chi connectivity index (χ1v) is 8.86. The number of benzene rings is 2. The molecule has 140 valence electrons. The van der Waals surface area contributed by atoms with Crippen molar-refractivity contribution in [3.63, 3.8) is 0 Å². The number of aryl methyl sites for hydroxylation is 1. The van der Waals surface area contributed by atoms with Gasteiger partial charge in [-0.3, -0.25) is 14.9 Å². The van der Waals surface area contributed by atoms with Gasteiger partial charge in [0.15, 0.2) is 0 Å². The van der Waals surface area contributed by atoms with Crippen LogP contribution in [0.4, 0.5) is 5.69 Å². The van der Waals surface area contributed by atoms with Gasteiger partial charge in [-0.2, -0.15) is 0 Å². The lowest BCUT2D eigenvalue weighted by Crippen LogP contribution is -2.24. The Labute approximate surface area is 157 Å². The summed E-state index contributed by atoms with van der Waals surface area (Å²) in [7, 11) is 0. The molecule has 1 amide bonds. The minimum Gasteiger partial charge on any atom is -0.464 e. The third-order valence-corrected chi connectivity index (χ3v) is 4.68. The molecule has 0 aliphatic rings. The van der Waals surface area contributed by atoms with Crippen molar-refractivity contribution in [1.29, 1.82) is 0 Å². The van der Waals surface area contributed by atoms with Gasteiger partial charge in [0.25, 0.3) is 5.69 Å². The summed E-state index contributed by atoms with van der Waals surface area (Å²) in [5.41, 5.74) is 4.45. The number of hydrogen-bond acceptors (Lipinski definition) is 4. The quantitative estimate of drug-likeness (QED) is 0.509. The first-order valence-electron chi connectivity index (χ1n) is 8.86. The number of carbonyl (C=O) groups is 1. The van der Waals surface area contributed by atoms with E-state index >= 15 is 0 Å². The highest BCUT2D eigenvalue weighted by molar-refractivity contribution is 5.88. The molecule has 0 aliphatic carbocycles. The van der Waals surface area contributed by atoms with Crippen molar-refractivity contribution in [2.75, 3.05) is 0 Å². The largest absolute Gasteiger partial charge is 0.464 e. The fourth-order valence-corrected chi connectivity index (χ4v) is 3.27. The van der Waals surface area contributed by atoms with Crippen LogP contribution in [0.2, 0.25) is 0 Å². The van der Waals surface area contributed by atoms with Gasteiger partial charge in [-0.05, 0) is 36.1 Å². The van der Waals surface area contributed by atoms with Crippen molar-refractivity contribution < 1.29 is 14.1 Å². The molecule has 0 aliphatic heterocycles. The second-order valence-corrected chi connectivity index (χ2v) is 6.96. The maximum atomic E-state index is 12.4. The van der Waals surface area contributed by atoms with Crippen LogP contribution >= 0.6 is 0 Å². The Morgan fingerprint density at radius 1 is 1.22 bits per heavy atom. The monoisotopic (exact) mass is 366 g/mol. The molecule has 0 radical (unpaired) electrons. The summed E-state index contributed by atoms with van der Waals surface area (Å²) in [4.78, 5) is 23.0. The number of hydrogen-bond donors (Lipinski definition) is 1. The Morgan fingerprint density at radius 2 is 1.96 bits per heavy atom. The molecule has 6 nitrogen and oxygen atoms in total. The molecule has 3 rings (SSSR count). The average Bonchev–Trinajstić information content (AvgIpc) is 3.00. The smallest absolute Gasteiger partial charge is 0.274 e. The zero-order chi connectivity index (χ0) is 19.6. The van der Waals surface area contributed by atoms with Crippen LogP contribution in [0.25, 0.3) is 11.0 Å². The van der Waals surface area contributed by atoms with Crippen molar-refractivity contribution in [2.24, 2.45) is 0 Å². The summed E-state index contributed by atoms with van der Waals surface area (Å²) in [5.74, 6) is 0.173. The predicted octanol–water partition coefficient (Wildman–Crippen LogP) is 4.63. The lowest BCUT2D eigenvalue weighted by Gasteiger charge is -2.10. The lowest BCUT2D eigenvalue weighted by atomic mass is 9.95. The molecular formula is C21H22N2O4. The Bertz CT molecular complexity index is 1000. The third kappa shape index (κ3) is 4.00. The summed E-state index contributed by atoms with van der Waals surface area (Å²) in [5, 5.41) is 14.8. The molecule has 2 aromatic carbocycles. The van der Waals surface area contributed by atoms with Crippen LogP contribution in [0.1, 0.15) is 42.0 Å². The van der Waals surface area contributed by atoms with Crippen molar-refractivity contribution in [3.05, 3.63) is 75.0 Å². The highest BCUT2D eigenvalue weighted by Gasteiger charge is 2.16. The molecule has 0 bridgehead atoms. The van der Waals surface area contributed by atoms with Crippen LogP contribution in [0.15, 0.2) is 47.1 Å². The van der Waals surface area contributed by atoms with E-state index in [1.54, 1.807) is 24.5 Å². The lowest BCUT2D eigenvalue weighted by molar-refractivity contribution is -0.385. The molecule has 0 saturated carbocycles. The zero-order valence-corrected chi connectivity index (χ0v) is 15.6. The second kappa shape index (κ2) is 7.61. The van der Waals surface area contributed by atoms with Gasteiger partial charge in [0.1, 0.15) is 5.58 Å². The maximum absolute atomic E-state index is 12.4. The van der Waals surface area contributed by atoms with Crippen molar-refractivity contribution in [2.45, 2.75) is 39.7 Å². The number of nitro benzene ring substituents is 1. The first kappa shape index (κ1) is 18.6. The van der Waals surface area contributed by atoms with Crippen LogP contribution in [-0.2, 0) is 17.8 Å². The van der Waals surface area contributed by atoms with Gasteiger partial charge in [-0.15, -0.1) is 0 Å².